The summed E-state index contributed by atoms with van der Waals surface area (Å²) in [5.41, 5.74) is 5.61. The van der Waals surface area contributed by atoms with Gasteiger partial charge in [-0.1, -0.05) is 6.42 Å². The summed E-state index contributed by atoms with van der Waals surface area (Å²) in [6.07, 6.45) is 7.18. The number of carbonyl (C=O) groups excluding carboxylic acids is 1. The largest absolute Gasteiger partial charge is 0.385 e. The summed E-state index contributed by atoms with van der Waals surface area (Å²) in [4.78, 5) is 15.1. The molecule has 4 nitrogen and oxygen atoms in total. The summed E-state index contributed by atoms with van der Waals surface area (Å²) in [5, 5.41) is 2.96. The molecule has 2 amide bonds. The average molecular weight is 207 g/mol. The number of hydrogen-bond donors (Lipinski definition) is 2. The number of urea groups is 1. The van der Waals surface area contributed by atoms with Gasteiger partial charge >= 0.3 is 6.03 Å². The minimum Gasteiger partial charge on any atom is -0.385 e. The maximum atomic E-state index is 11.2. The topological polar surface area (TPSA) is 67.5 Å². The first-order valence-corrected chi connectivity index (χ1v) is 5.86. The highest BCUT2D eigenvalue weighted by molar-refractivity contribution is 6.05. The molecule has 3 aliphatic rings. The Hall–Kier alpha value is -1.06. The van der Waals surface area contributed by atoms with Crippen molar-refractivity contribution in [1.82, 2.24) is 5.32 Å². The zero-order valence-electron chi connectivity index (χ0n) is 8.83. The summed E-state index contributed by atoms with van der Waals surface area (Å²) in [6.45, 7) is 0. The first-order valence-electron chi connectivity index (χ1n) is 5.86. The molecule has 2 saturated carbocycles. The lowest BCUT2D eigenvalue weighted by atomic mass is 9.73. The van der Waals surface area contributed by atoms with Crippen molar-refractivity contribution in [3.05, 3.63) is 0 Å². The van der Waals surface area contributed by atoms with Crippen LogP contribution in [0.15, 0.2) is 4.99 Å². The predicted molar refractivity (Wildman–Crippen MR) is 57.6 cm³/mol. The molecular weight excluding hydrogens is 190 g/mol. The van der Waals surface area contributed by atoms with Crippen molar-refractivity contribution in [2.45, 2.75) is 44.1 Å². The van der Waals surface area contributed by atoms with Crippen molar-refractivity contribution < 1.29 is 4.79 Å². The van der Waals surface area contributed by atoms with E-state index in [0.29, 0.717) is 5.84 Å². The molecule has 2 aliphatic carbocycles. The SMILES string of the molecule is NC1=NC(=O)NC12CCCC(C1CC1)C2. The third kappa shape index (κ3) is 1.43. The van der Waals surface area contributed by atoms with Crippen LogP contribution in [0.3, 0.4) is 0 Å². The molecule has 2 unspecified atom stereocenters. The van der Waals surface area contributed by atoms with E-state index in [2.05, 4.69) is 10.3 Å². The lowest BCUT2D eigenvalue weighted by Gasteiger charge is -2.37. The van der Waals surface area contributed by atoms with Gasteiger partial charge in [0.2, 0.25) is 0 Å². The van der Waals surface area contributed by atoms with E-state index in [-0.39, 0.29) is 11.6 Å². The van der Waals surface area contributed by atoms with Crippen LogP contribution in [0.2, 0.25) is 0 Å². The Labute approximate surface area is 89.3 Å². The van der Waals surface area contributed by atoms with Crippen molar-refractivity contribution in [2.24, 2.45) is 22.6 Å². The monoisotopic (exact) mass is 207 g/mol. The third-order valence-electron chi connectivity index (χ3n) is 4.14. The van der Waals surface area contributed by atoms with Crippen molar-refractivity contribution in [3.8, 4) is 0 Å². The molecule has 1 heterocycles. The van der Waals surface area contributed by atoms with Crippen LogP contribution in [0.5, 0.6) is 0 Å². The minimum absolute atomic E-state index is 0.246. The maximum Gasteiger partial charge on any atom is 0.343 e. The Morgan fingerprint density at radius 1 is 1.33 bits per heavy atom. The molecule has 3 N–H and O–H groups in total. The van der Waals surface area contributed by atoms with E-state index >= 15 is 0 Å². The maximum absolute atomic E-state index is 11.2. The smallest absolute Gasteiger partial charge is 0.343 e. The summed E-state index contributed by atoms with van der Waals surface area (Å²) < 4.78 is 0. The molecule has 82 valence electrons. The number of carbonyl (C=O) groups is 1. The van der Waals surface area contributed by atoms with Gasteiger partial charge in [0.05, 0.1) is 5.54 Å². The first-order chi connectivity index (χ1) is 7.20. The van der Waals surface area contributed by atoms with Gasteiger partial charge in [0.1, 0.15) is 5.84 Å². The second-order valence-electron chi connectivity index (χ2n) is 5.20. The van der Waals surface area contributed by atoms with E-state index in [0.717, 1.165) is 31.1 Å². The zero-order valence-corrected chi connectivity index (χ0v) is 8.83. The number of amidine groups is 1. The molecular formula is C11H17N3O. The van der Waals surface area contributed by atoms with Gasteiger partial charge in [-0.15, -0.1) is 0 Å². The normalized spacial score (nSPS) is 40.4. The number of nitrogens with two attached hydrogens (primary N) is 1. The van der Waals surface area contributed by atoms with Crippen LogP contribution in [0, 0.1) is 11.8 Å². The zero-order chi connectivity index (χ0) is 10.5. The summed E-state index contributed by atoms with van der Waals surface area (Å²) in [7, 11) is 0. The molecule has 0 radical (unpaired) electrons. The molecule has 0 aromatic rings. The minimum atomic E-state index is -0.275. The molecule has 1 spiro atoms. The predicted octanol–water partition coefficient (Wildman–Crippen LogP) is 1.41. The molecule has 0 bridgehead atoms. The highest BCUT2D eigenvalue weighted by Crippen LogP contribution is 2.47. The quantitative estimate of drug-likeness (QED) is 0.682. The van der Waals surface area contributed by atoms with Gasteiger partial charge in [-0.25, -0.2) is 4.79 Å². The van der Waals surface area contributed by atoms with Gasteiger partial charge in [0.15, 0.2) is 0 Å². The van der Waals surface area contributed by atoms with E-state index in [4.69, 9.17) is 5.73 Å². The molecule has 3 rings (SSSR count). The second kappa shape index (κ2) is 2.97. The number of aliphatic imine (C=N–C) groups is 1. The van der Waals surface area contributed by atoms with E-state index in [1.54, 1.807) is 0 Å². The molecule has 2 atom stereocenters. The van der Waals surface area contributed by atoms with Crippen LogP contribution in [0.1, 0.15) is 38.5 Å². The number of rotatable bonds is 1. The number of hydrogen-bond acceptors (Lipinski definition) is 2. The van der Waals surface area contributed by atoms with Crippen LogP contribution in [0.25, 0.3) is 0 Å². The van der Waals surface area contributed by atoms with Crippen molar-refractivity contribution in [1.29, 1.82) is 0 Å². The Kier molecular flexibility index (Phi) is 1.82. The summed E-state index contributed by atoms with van der Waals surface area (Å²) in [5.74, 6) is 2.18. The van der Waals surface area contributed by atoms with Gasteiger partial charge in [0, 0.05) is 0 Å². The fourth-order valence-electron chi connectivity index (χ4n) is 3.15. The molecule has 1 aliphatic heterocycles. The molecule has 0 aromatic carbocycles. The Morgan fingerprint density at radius 2 is 2.13 bits per heavy atom. The number of amides is 2. The summed E-state index contributed by atoms with van der Waals surface area (Å²) >= 11 is 0. The molecule has 4 heteroatoms. The Balaban J connectivity index is 1.80. The van der Waals surface area contributed by atoms with Gasteiger partial charge in [0.25, 0.3) is 0 Å². The fourth-order valence-corrected chi connectivity index (χ4v) is 3.15. The molecule has 0 aromatic heterocycles. The number of nitrogens with one attached hydrogen (secondary N) is 1. The lowest BCUT2D eigenvalue weighted by Crippen LogP contribution is -2.54. The fraction of sp³-hybridized carbons (Fsp3) is 0.818. The highest BCUT2D eigenvalue weighted by Gasteiger charge is 2.47. The molecule has 0 saturated heterocycles. The average Bonchev–Trinajstić information content (AvgIpc) is 2.97. The number of nitrogens with zero attached hydrogens (tertiary/aromatic N) is 1. The van der Waals surface area contributed by atoms with E-state index < -0.39 is 0 Å². The van der Waals surface area contributed by atoms with Crippen molar-refractivity contribution >= 4 is 11.9 Å². The van der Waals surface area contributed by atoms with Crippen molar-refractivity contribution in [2.75, 3.05) is 0 Å². The van der Waals surface area contributed by atoms with Gasteiger partial charge < -0.3 is 11.1 Å². The molecule has 2 fully saturated rings. The second-order valence-corrected chi connectivity index (χ2v) is 5.20. The van der Waals surface area contributed by atoms with E-state index in [9.17, 15) is 4.79 Å². The standard InChI is InChI=1S/C11H17N3O/c12-9-11(14-10(15)13-9)5-1-2-8(6-11)7-3-4-7/h7-8H,1-6H2,(H3,12,13,14,15). The van der Waals surface area contributed by atoms with Crippen LogP contribution in [-0.2, 0) is 0 Å². The van der Waals surface area contributed by atoms with Crippen LogP contribution < -0.4 is 11.1 Å². The van der Waals surface area contributed by atoms with E-state index in [1.165, 1.54) is 19.3 Å². The highest BCUT2D eigenvalue weighted by atomic mass is 16.2. The van der Waals surface area contributed by atoms with Crippen LogP contribution in [-0.4, -0.2) is 17.4 Å². The lowest BCUT2D eigenvalue weighted by molar-refractivity contribution is 0.215. The van der Waals surface area contributed by atoms with Crippen LogP contribution in [0.4, 0.5) is 4.79 Å². The molecule has 15 heavy (non-hydrogen) atoms. The van der Waals surface area contributed by atoms with Crippen molar-refractivity contribution in [3.63, 3.8) is 0 Å². The first kappa shape index (κ1) is 9.19. The third-order valence-corrected chi connectivity index (χ3v) is 4.14. The Morgan fingerprint density at radius 3 is 2.73 bits per heavy atom. The summed E-state index contributed by atoms with van der Waals surface area (Å²) in [6, 6.07) is -0.246. The van der Waals surface area contributed by atoms with Gasteiger partial charge in [-0.2, -0.15) is 4.99 Å². The Bertz CT molecular complexity index is 335. The van der Waals surface area contributed by atoms with Gasteiger partial charge in [-0.05, 0) is 43.9 Å². The van der Waals surface area contributed by atoms with E-state index in [1.807, 2.05) is 0 Å². The van der Waals surface area contributed by atoms with Crippen LogP contribution >= 0.6 is 0 Å². The van der Waals surface area contributed by atoms with Gasteiger partial charge in [-0.3, -0.25) is 0 Å².